The van der Waals surface area contributed by atoms with Crippen LogP contribution in [-0.4, -0.2) is 38.8 Å². The van der Waals surface area contributed by atoms with Crippen molar-refractivity contribution in [3.63, 3.8) is 0 Å². The number of aromatic amines is 1. The summed E-state index contributed by atoms with van der Waals surface area (Å²) in [6.45, 7) is 2.56. The number of nitrogens with zero attached hydrogens (tertiary/aromatic N) is 4. The molecule has 1 aliphatic heterocycles. The van der Waals surface area contributed by atoms with Gasteiger partial charge in [-0.15, -0.1) is 0 Å². The normalized spacial score (nSPS) is 13.5. The lowest BCUT2D eigenvalue weighted by Crippen LogP contribution is -2.35. The van der Waals surface area contributed by atoms with Crippen molar-refractivity contribution in [2.45, 2.75) is 13.1 Å². The first-order valence-corrected chi connectivity index (χ1v) is 11.8. The van der Waals surface area contributed by atoms with E-state index in [0.717, 1.165) is 45.5 Å². The Hall–Kier alpha value is -4.45. The first-order valence-electron chi connectivity index (χ1n) is 11.8. The predicted octanol–water partition coefficient (Wildman–Crippen LogP) is 5.29. The van der Waals surface area contributed by atoms with Crippen LogP contribution in [-0.2, 0) is 13.1 Å². The molecule has 3 heterocycles. The standard InChI is InChI=1S/C29H25N5O/c35-29(27-12-10-22-8-4-5-9-26(22)32-27)34-15-14-33(19-25-17-30-20-31-25)28-13-11-23(16-24(28)18-34)21-6-2-1-3-7-21/h1-13,16-17,20H,14-15,18-19H2,(H,30,31). The minimum absolute atomic E-state index is 0.0461. The van der Waals surface area contributed by atoms with E-state index < -0.39 is 0 Å². The Morgan fingerprint density at radius 1 is 0.886 bits per heavy atom. The highest BCUT2D eigenvalue weighted by Crippen LogP contribution is 2.31. The van der Waals surface area contributed by atoms with E-state index in [1.807, 2.05) is 65.7 Å². The summed E-state index contributed by atoms with van der Waals surface area (Å²) in [5.74, 6) is -0.0461. The monoisotopic (exact) mass is 459 g/mol. The zero-order valence-electron chi connectivity index (χ0n) is 19.3. The average molecular weight is 460 g/mol. The number of anilines is 1. The van der Waals surface area contributed by atoms with Crippen LogP contribution in [0.3, 0.4) is 0 Å². The van der Waals surface area contributed by atoms with Crippen molar-refractivity contribution in [2.24, 2.45) is 0 Å². The summed E-state index contributed by atoms with van der Waals surface area (Å²) in [6.07, 6.45) is 3.55. The summed E-state index contributed by atoms with van der Waals surface area (Å²) in [5, 5.41) is 1.03. The summed E-state index contributed by atoms with van der Waals surface area (Å²) in [4.78, 5) is 29.9. The summed E-state index contributed by atoms with van der Waals surface area (Å²) in [5.41, 5.74) is 6.92. The molecule has 0 saturated heterocycles. The Kier molecular flexibility index (Phi) is 5.47. The topological polar surface area (TPSA) is 65.1 Å². The van der Waals surface area contributed by atoms with Crippen LogP contribution in [0.25, 0.3) is 22.0 Å². The molecule has 6 nitrogen and oxygen atoms in total. The Balaban J connectivity index is 1.36. The zero-order valence-corrected chi connectivity index (χ0v) is 19.3. The largest absolute Gasteiger partial charge is 0.364 e. The molecule has 0 saturated carbocycles. The van der Waals surface area contributed by atoms with Gasteiger partial charge in [-0.25, -0.2) is 9.97 Å². The first kappa shape index (κ1) is 21.1. The van der Waals surface area contributed by atoms with Gasteiger partial charge in [0.2, 0.25) is 0 Å². The van der Waals surface area contributed by atoms with Crippen molar-refractivity contribution in [3.05, 3.63) is 114 Å². The van der Waals surface area contributed by atoms with Crippen molar-refractivity contribution >= 4 is 22.5 Å². The molecule has 172 valence electrons. The SMILES string of the molecule is O=C(c1ccc2ccccc2n1)N1CCN(Cc2cnc[nH]2)c2ccc(-c3ccccc3)cc2C1. The fraction of sp³-hybridized carbons (Fsp3) is 0.138. The number of aromatic nitrogens is 3. The maximum absolute atomic E-state index is 13.6. The van der Waals surface area contributed by atoms with Gasteiger partial charge in [0.15, 0.2) is 0 Å². The second-order valence-electron chi connectivity index (χ2n) is 8.82. The number of fused-ring (bicyclic) bond motifs is 2. The van der Waals surface area contributed by atoms with Gasteiger partial charge in [-0.3, -0.25) is 4.79 Å². The molecule has 0 aliphatic carbocycles. The van der Waals surface area contributed by atoms with E-state index in [1.54, 1.807) is 6.33 Å². The van der Waals surface area contributed by atoms with Crippen molar-refractivity contribution in [2.75, 3.05) is 18.0 Å². The molecule has 0 radical (unpaired) electrons. The van der Waals surface area contributed by atoms with Gasteiger partial charge in [0.1, 0.15) is 5.69 Å². The molecule has 6 rings (SSSR count). The van der Waals surface area contributed by atoms with Crippen molar-refractivity contribution in [1.82, 2.24) is 19.9 Å². The highest BCUT2D eigenvalue weighted by Gasteiger charge is 2.25. The van der Waals surface area contributed by atoms with Crippen LogP contribution in [0.5, 0.6) is 0 Å². The van der Waals surface area contributed by atoms with Crippen LogP contribution in [0.2, 0.25) is 0 Å². The molecule has 0 spiro atoms. The zero-order chi connectivity index (χ0) is 23.6. The van der Waals surface area contributed by atoms with E-state index in [2.05, 4.69) is 50.2 Å². The fourth-order valence-corrected chi connectivity index (χ4v) is 4.74. The number of hydrogen-bond acceptors (Lipinski definition) is 4. The number of carbonyl (C=O) groups excluding carboxylic acids is 1. The lowest BCUT2D eigenvalue weighted by atomic mass is 10.0. The van der Waals surface area contributed by atoms with Gasteiger partial charge in [-0.2, -0.15) is 0 Å². The van der Waals surface area contributed by atoms with Crippen LogP contribution in [0.15, 0.2) is 97.5 Å². The molecule has 35 heavy (non-hydrogen) atoms. The van der Waals surface area contributed by atoms with Gasteiger partial charge in [-0.1, -0.05) is 60.7 Å². The van der Waals surface area contributed by atoms with E-state index in [1.165, 1.54) is 0 Å². The van der Waals surface area contributed by atoms with Crippen LogP contribution in [0.4, 0.5) is 5.69 Å². The molecular weight excluding hydrogens is 434 g/mol. The molecule has 3 aromatic carbocycles. The molecule has 0 fully saturated rings. The van der Waals surface area contributed by atoms with Gasteiger partial charge in [0.25, 0.3) is 5.91 Å². The van der Waals surface area contributed by atoms with Gasteiger partial charge in [0, 0.05) is 36.9 Å². The molecule has 0 unspecified atom stereocenters. The molecule has 1 N–H and O–H groups in total. The third-order valence-corrected chi connectivity index (χ3v) is 6.55. The molecule has 5 aromatic rings. The van der Waals surface area contributed by atoms with Crippen LogP contribution >= 0.6 is 0 Å². The number of hydrogen-bond donors (Lipinski definition) is 1. The third-order valence-electron chi connectivity index (χ3n) is 6.55. The van der Waals surface area contributed by atoms with Gasteiger partial charge >= 0.3 is 0 Å². The molecule has 6 heteroatoms. The molecule has 1 aliphatic rings. The van der Waals surface area contributed by atoms with E-state index in [4.69, 9.17) is 0 Å². The minimum atomic E-state index is -0.0461. The lowest BCUT2D eigenvalue weighted by molar-refractivity contribution is 0.0746. The maximum Gasteiger partial charge on any atom is 0.272 e. The van der Waals surface area contributed by atoms with E-state index in [0.29, 0.717) is 25.3 Å². The number of rotatable bonds is 4. The van der Waals surface area contributed by atoms with E-state index >= 15 is 0 Å². The predicted molar refractivity (Wildman–Crippen MR) is 138 cm³/mol. The van der Waals surface area contributed by atoms with Gasteiger partial charge in [-0.05, 0) is 41.0 Å². The highest BCUT2D eigenvalue weighted by atomic mass is 16.2. The molecular formula is C29H25N5O. The number of benzene rings is 3. The van der Waals surface area contributed by atoms with Crippen molar-refractivity contribution < 1.29 is 4.79 Å². The van der Waals surface area contributed by atoms with Crippen molar-refractivity contribution in [1.29, 1.82) is 0 Å². The summed E-state index contributed by atoms with van der Waals surface area (Å²) < 4.78 is 0. The smallest absolute Gasteiger partial charge is 0.272 e. The number of imidazole rings is 1. The Bertz CT molecular complexity index is 1480. The fourth-order valence-electron chi connectivity index (χ4n) is 4.74. The first-order chi connectivity index (χ1) is 17.2. The second kappa shape index (κ2) is 9.06. The number of pyridine rings is 1. The Morgan fingerprint density at radius 2 is 1.74 bits per heavy atom. The molecule has 0 atom stereocenters. The van der Waals surface area contributed by atoms with Crippen LogP contribution in [0.1, 0.15) is 21.7 Å². The van der Waals surface area contributed by atoms with Crippen LogP contribution < -0.4 is 4.90 Å². The number of carbonyl (C=O) groups is 1. The van der Waals surface area contributed by atoms with Gasteiger partial charge < -0.3 is 14.8 Å². The number of H-pyrrole nitrogens is 1. The average Bonchev–Trinajstić information content (AvgIpc) is 3.36. The number of para-hydroxylation sites is 1. The van der Waals surface area contributed by atoms with Crippen LogP contribution in [0, 0.1) is 0 Å². The van der Waals surface area contributed by atoms with E-state index in [9.17, 15) is 4.79 Å². The molecule has 2 aromatic heterocycles. The second-order valence-corrected chi connectivity index (χ2v) is 8.82. The Labute approximate surface area is 203 Å². The third kappa shape index (κ3) is 4.26. The summed E-state index contributed by atoms with van der Waals surface area (Å²) in [7, 11) is 0. The van der Waals surface area contributed by atoms with Crippen molar-refractivity contribution in [3.8, 4) is 11.1 Å². The summed E-state index contributed by atoms with van der Waals surface area (Å²) >= 11 is 0. The highest BCUT2D eigenvalue weighted by molar-refractivity contribution is 5.95. The number of nitrogens with one attached hydrogen (secondary N) is 1. The molecule has 0 bridgehead atoms. The quantitative estimate of drug-likeness (QED) is 0.397. The maximum atomic E-state index is 13.6. The number of amides is 1. The minimum Gasteiger partial charge on any atom is -0.364 e. The van der Waals surface area contributed by atoms with E-state index in [-0.39, 0.29) is 5.91 Å². The van der Waals surface area contributed by atoms with Gasteiger partial charge in [0.05, 0.1) is 24.1 Å². The lowest BCUT2D eigenvalue weighted by Gasteiger charge is -2.24. The molecule has 1 amide bonds. The summed E-state index contributed by atoms with van der Waals surface area (Å²) in [6, 6.07) is 28.6. The Morgan fingerprint density at radius 3 is 2.60 bits per heavy atom.